The minimum Gasteiger partial charge on any atom is -0.447 e. The van der Waals surface area contributed by atoms with Gasteiger partial charge in [-0.25, -0.2) is 4.79 Å². The highest BCUT2D eigenvalue weighted by Gasteiger charge is 2.20. The molecule has 0 radical (unpaired) electrons. The maximum Gasteiger partial charge on any atom is 0.411 e. The van der Waals surface area contributed by atoms with E-state index in [1.165, 1.54) is 4.90 Å². The second-order valence-electron chi connectivity index (χ2n) is 2.00. The summed E-state index contributed by atoms with van der Waals surface area (Å²) in [6.07, 6.45) is -0.270. The Hall–Kier alpha value is -0.770. The van der Waals surface area contributed by atoms with Gasteiger partial charge >= 0.3 is 6.09 Å². The molecule has 0 unspecified atom stereocenters. The Bertz CT molecular complexity index is 126. The predicted octanol–water partition coefficient (Wildman–Crippen LogP) is 0.433. The van der Waals surface area contributed by atoms with Crippen LogP contribution in [0.1, 0.15) is 6.92 Å². The Balaban J connectivity index is 2.20. The van der Waals surface area contributed by atoms with Crippen molar-refractivity contribution in [3.05, 3.63) is 0 Å². The van der Waals surface area contributed by atoms with Gasteiger partial charge in [-0.3, -0.25) is 4.90 Å². The number of nitrogens with zero attached hydrogens (tertiary/aromatic N) is 1. The van der Waals surface area contributed by atoms with E-state index in [-0.39, 0.29) is 6.09 Å². The SMILES string of the molecule is CCOCN1CCOC1=O. The molecule has 10 heavy (non-hydrogen) atoms. The fraction of sp³-hybridized carbons (Fsp3) is 0.833. The molecule has 1 fully saturated rings. The Morgan fingerprint density at radius 3 is 3.10 bits per heavy atom. The molecule has 4 nitrogen and oxygen atoms in total. The zero-order valence-corrected chi connectivity index (χ0v) is 6.00. The number of hydrogen-bond donors (Lipinski definition) is 0. The molecule has 1 aliphatic heterocycles. The average Bonchev–Trinajstić information content (AvgIpc) is 2.31. The van der Waals surface area contributed by atoms with Crippen LogP contribution in [0.4, 0.5) is 4.79 Å². The molecule has 1 saturated heterocycles. The fourth-order valence-electron chi connectivity index (χ4n) is 0.744. The summed E-state index contributed by atoms with van der Waals surface area (Å²) < 4.78 is 9.68. The van der Waals surface area contributed by atoms with Gasteiger partial charge in [0.05, 0.1) is 6.54 Å². The summed E-state index contributed by atoms with van der Waals surface area (Å²) in [4.78, 5) is 12.2. The molecule has 0 aromatic rings. The van der Waals surface area contributed by atoms with E-state index in [2.05, 4.69) is 4.74 Å². The number of carbonyl (C=O) groups excluding carboxylic acids is 1. The second-order valence-corrected chi connectivity index (χ2v) is 2.00. The lowest BCUT2D eigenvalue weighted by atomic mass is 10.7. The van der Waals surface area contributed by atoms with Crippen LogP contribution >= 0.6 is 0 Å². The molecule has 0 bridgehead atoms. The van der Waals surface area contributed by atoms with Crippen LogP contribution in [-0.2, 0) is 9.47 Å². The molecule has 0 atom stereocenters. The monoisotopic (exact) mass is 145 g/mol. The molecule has 1 aliphatic rings. The smallest absolute Gasteiger partial charge is 0.411 e. The highest BCUT2D eigenvalue weighted by molar-refractivity contribution is 5.69. The van der Waals surface area contributed by atoms with Gasteiger partial charge in [0.25, 0.3) is 0 Å². The molecule has 4 heteroatoms. The second kappa shape index (κ2) is 3.41. The maximum atomic E-state index is 10.7. The quantitative estimate of drug-likeness (QED) is 0.578. The Kier molecular flexibility index (Phi) is 2.50. The summed E-state index contributed by atoms with van der Waals surface area (Å²) in [5, 5.41) is 0. The summed E-state index contributed by atoms with van der Waals surface area (Å²) in [5.74, 6) is 0. The standard InChI is InChI=1S/C6H11NO3/c1-2-9-5-7-3-4-10-6(7)8/h2-5H2,1H3. The normalized spacial score (nSPS) is 17.7. The van der Waals surface area contributed by atoms with E-state index in [9.17, 15) is 4.79 Å². The van der Waals surface area contributed by atoms with Crippen LogP contribution in [0.25, 0.3) is 0 Å². The number of cyclic esters (lactones) is 1. The van der Waals surface area contributed by atoms with Crippen LogP contribution in [0.15, 0.2) is 0 Å². The van der Waals surface area contributed by atoms with Gasteiger partial charge < -0.3 is 9.47 Å². The van der Waals surface area contributed by atoms with Crippen molar-refractivity contribution >= 4 is 6.09 Å². The first kappa shape index (κ1) is 7.34. The third kappa shape index (κ3) is 1.60. The van der Waals surface area contributed by atoms with Crippen LogP contribution in [0, 0.1) is 0 Å². The van der Waals surface area contributed by atoms with Gasteiger partial charge in [0.15, 0.2) is 0 Å². The molecule has 0 aromatic carbocycles. The van der Waals surface area contributed by atoms with Crippen LogP contribution in [0.3, 0.4) is 0 Å². The van der Waals surface area contributed by atoms with E-state index in [0.29, 0.717) is 26.5 Å². The van der Waals surface area contributed by atoms with E-state index < -0.39 is 0 Å². The summed E-state index contributed by atoms with van der Waals surface area (Å²) in [5.41, 5.74) is 0. The lowest BCUT2D eigenvalue weighted by Gasteiger charge is -2.10. The first-order valence-corrected chi connectivity index (χ1v) is 3.34. The van der Waals surface area contributed by atoms with Crippen molar-refractivity contribution in [1.82, 2.24) is 4.90 Å². The topological polar surface area (TPSA) is 38.8 Å². The molecule has 0 N–H and O–H groups in total. The number of rotatable bonds is 3. The van der Waals surface area contributed by atoms with Crippen LogP contribution in [0.5, 0.6) is 0 Å². The lowest BCUT2D eigenvalue weighted by molar-refractivity contribution is 0.0594. The highest BCUT2D eigenvalue weighted by atomic mass is 16.6. The fourth-order valence-corrected chi connectivity index (χ4v) is 0.744. The van der Waals surface area contributed by atoms with Crippen molar-refractivity contribution in [2.75, 3.05) is 26.5 Å². The number of ether oxygens (including phenoxy) is 2. The van der Waals surface area contributed by atoms with Crippen molar-refractivity contribution in [2.24, 2.45) is 0 Å². The van der Waals surface area contributed by atoms with Gasteiger partial charge in [-0.1, -0.05) is 0 Å². The average molecular weight is 145 g/mol. The third-order valence-corrected chi connectivity index (χ3v) is 1.30. The van der Waals surface area contributed by atoms with E-state index in [1.54, 1.807) is 0 Å². The zero-order valence-electron chi connectivity index (χ0n) is 6.00. The zero-order chi connectivity index (χ0) is 7.40. The van der Waals surface area contributed by atoms with Gasteiger partial charge in [0.2, 0.25) is 0 Å². The van der Waals surface area contributed by atoms with E-state index in [0.717, 1.165) is 0 Å². The Morgan fingerprint density at radius 1 is 1.80 bits per heavy atom. The van der Waals surface area contributed by atoms with Crippen molar-refractivity contribution in [2.45, 2.75) is 6.92 Å². The molecule has 0 saturated carbocycles. The van der Waals surface area contributed by atoms with Crippen molar-refractivity contribution in [3.63, 3.8) is 0 Å². The maximum absolute atomic E-state index is 10.7. The molecule has 0 aliphatic carbocycles. The summed E-state index contributed by atoms with van der Waals surface area (Å²) >= 11 is 0. The molecule has 1 heterocycles. The minimum absolute atomic E-state index is 0.270. The summed E-state index contributed by atoms with van der Waals surface area (Å²) in [7, 11) is 0. The van der Waals surface area contributed by atoms with Gasteiger partial charge in [-0.2, -0.15) is 0 Å². The van der Waals surface area contributed by atoms with Crippen molar-refractivity contribution < 1.29 is 14.3 Å². The lowest BCUT2D eigenvalue weighted by Crippen LogP contribution is -2.26. The summed E-state index contributed by atoms with van der Waals surface area (Å²) in [6, 6.07) is 0. The van der Waals surface area contributed by atoms with Crippen LogP contribution in [-0.4, -0.2) is 37.5 Å². The van der Waals surface area contributed by atoms with E-state index in [4.69, 9.17) is 4.74 Å². The van der Waals surface area contributed by atoms with Crippen LogP contribution in [0.2, 0.25) is 0 Å². The molecular formula is C6H11NO3. The van der Waals surface area contributed by atoms with E-state index in [1.807, 2.05) is 6.92 Å². The van der Waals surface area contributed by atoms with Crippen LogP contribution < -0.4 is 0 Å². The summed E-state index contributed by atoms with van der Waals surface area (Å²) in [6.45, 7) is 4.02. The largest absolute Gasteiger partial charge is 0.447 e. The molecule has 58 valence electrons. The van der Waals surface area contributed by atoms with Gasteiger partial charge in [-0.15, -0.1) is 0 Å². The number of amides is 1. The number of hydrogen-bond acceptors (Lipinski definition) is 3. The van der Waals surface area contributed by atoms with Gasteiger partial charge in [-0.05, 0) is 6.92 Å². The van der Waals surface area contributed by atoms with Gasteiger partial charge in [0, 0.05) is 6.61 Å². The predicted molar refractivity (Wildman–Crippen MR) is 34.5 cm³/mol. The molecular weight excluding hydrogens is 134 g/mol. The first-order chi connectivity index (χ1) is 4.84. The third-order valence-electron chi connectivity index (χ3n) is 1.30. The highest BCUT2D eigenvalue weighted by Crippen LogP contribution is 2.01. The molecule has 1 amide bonds. The first-order valence-electron chi connectivity index (χ1n) is 3.34. The van der Waals surface area contributed by atoms with Crippen molar-refractivity contribution in [1.29, 1.82) is 0 Å². The minimum atomic E-state index is -0.270. The van der Waals surface area contributed by atoms with Crippen molar-refractivity contribution in [3.8, 4) is 0 Å². The Labute approximate surface area is 59.7 Å². The molecule has 0 spiro atoms. The molecule has 0 aromatic heterocycles. The molecule has 1 rings (SSSR count). The number of carbonyl (C=O) groups is 1. The van der Waals surface area contributed by atoms with E-state index >= 15 is 0 Å². The van der Waals surface area contributed by atoms with Gasteiger partial charge in [0.1, 0.15) is 13.3 Å². The Morgan fingerprint density at radius 2 is 2.60 bits per heavy atom.